The molecule has 3 aromatic heterocycles. The topological polar surface area (TPSA) is 110 Å². The summed E-state index contributed by atoms with van der Waals surface area (Å²) in [5.41, 5.74) is 0.928. The number of rotatable bonds is 9. The van der Waals surface area contributed by atoms with Crippen LogP contribution in [0, 0.1) is 5.92 Å². The number of halogens is 3. The van der Waals surface area contributed by atoms with Crippen LogP contribution in [0.5, 0.6) is 5.75 Å². The number of nitrogens with one attached hydrogen (secondary N) is 1. The number of likely N-dealkylation sites (tertiary alicyclic amines) is 1. The van der Waals surface area contributed by atoms with Crippen LogP contribution in [0.15, 0.2) is 49.1 Å². The summed E-state index contributed by atoms with van der Waals surface area (Å²) in [6.45, 7) is -0.963. The number of alkyl halides is 2. The molecule has 2 amide bonds. The lowest BCUT2D eigenvalue weighted by molar-refractivity contribution is -0.133. The number of anilines is 1. The van der Waals surface area contributed by atoms with Crippen LogP contribution in [0.1, 0.15) is 23.2 Å². The molecule has 1 aromatic carbocycles. The van der Waals surface area contributed by atoms with Crippen molar-refractivity contribution in [1.82, 2.24) is 34.2 Å². The molecule has 41 heavy (non-hydrogen) atoms. The van der Waals surface area contributed by atoms with Crippen molar-refractivity contribution in [3.05, 3.63) is 59.6 Å². The molecule has 5 rings (SSSR count). The zero-order chi connectivity index (χ0) is 29.1. The van der Waals surface area contributed by atoms with Crippen LogP contribution in [-0.4, -0.2) is 86.3 Å². The molecule has 1 aliphatic heterocycles. The molecule has 4 heterocycles. The largest absolute Gasteiger partial charge is 0.434 e. The van der Waals surface area contributed by atoms with Gasteiger partial charge in [0.15, 0.2) is 5.65 Å². The highest BCUT2D eigenvalue weighted by Crippen LogP contribution is 2.37. The lowest BCUT2D eigenvalue weighted by Gasteiger charge is -2.33. The van der Waals surface area contributed by atoms with E-state index >= 15 is 0 Å². The van der Waals surface area contributed by atoms with Crippen molar-refractivity contribution < 1.29 is 23.1 Å². The number of aromatic nitrogens is 5. The molecule has 216 valence electrons. The number of piperidine rings is 1. The van der Waals surface area contributed by atoms with Crippen LogP contribution in [0.4, 0.5) is 14.5 Å². The highest BCUT2D eigenvalue weighted by atomic mass is 35.5. The van der Waals surface area contributed by atoms with Crippen molar-refractivity contribution >= 4 is 34.7 Å². The zero-order valence-corrected chi connectivity index (χ0v) is 23.3. The lowest BCUT2D eigenvalue weighted by Crippen LogP contribution is -2.42. The van der Waals surface area contributed by atoms with E-state index in [1.54, 1.807) is 17.2 Å². The van der Waals surface area contributed by atoms with E-state index in [0.29, 0.717) is 24.7 Å². The average Bonchev–Trinajstić information content (AvgIpc) is 3.53. The van der Waals surface area contributed by atoms with Crippen molar-refractivity contribution in [2.45, 2.75) is 26.0 Å². The Labute approximate surface area is 239 Å². The lowest BCUT2D eigenvalue weighted by atomic mass is 9.96. The van der Waals surface area contributed by atoms with Crippen LogP contribution in [-0.2, 0) is 11.3 Å². The van der Waals surface area contributed by atoms with Crippen LogP contribution in [0.25, 0.3) is 16.9 Å². The van der Waals surface area contributed by atoms with Gasteiger partial charge in [0.05, 0.1) is 11.9 Å². The normalized spacial score (nSPS) is 14.3. The first kappa shape index (κ1) is 28.4. The fourth-order valence-electron chi connectivity index (χ4n) is 4.98. The predicted octanol–water partition coefficient (Wildman–Crippen LogP) is 3.90. The number of hydrogen-bond donors (Lipinski definition) is 1. The average molecular weight is 587 g/mol. The molecule has 0 unspecified atom stereocenters. The fraction of sp³-hybridized carbons (Fsp3) is 0.370. The second-order valence-electron chi connectivity index (χ2n) is 10.1. The van der Waals surface area contributed by atoms with Gasteiger partial charge in [0.25, 0.3) is 5.91 Å². The number of ether oxygens (including phenoxy) is 1. The highest BCUT2D eigenvalue weighted by Gasteiger charge is 2.26. The number of carbonyl (C=O) groups is 2. The van der Waals surface area contributed by atoms with Crippen molar-refractivity contribution in [1.29, 1.82) is 0 Å². The van der Waals surface area contributed by atoms with E-state index in [-0.39, 0.29) is 45.7 Å². The summed E-state index contributed by atoms with van der Waals surface area (Å²) in [5.74, 6) is -0.343. The highest BCUT2D eigenvalue weighted by molar-refractivity contribution is 6.31. The number of nitrogens with zero attached hydrogens (tertiary/aromatic N) is 7. The van der Waals surface area contributed by atoms with E-state index in [1.165, 1.54) is 46.0 Å². The van der Waals surface area contributed by atoms with Gasteiger partial charge in [-0.25, -0.2) is 9.50 Å². The Morgan fingerprint density at radius 3 is 2.76 bits per heavy atom. The minimum Gasteiger partial charge on any atom is -0.434 e. The third kappa shape index (κ3) is 6.63. The van der Waals surface area contributed by atoms with Crippen LogP contribution >= 0.6 is 11.6 Å². The summed E-state index contributed by atoms with van der Waals surface area (Å²) in [7, 11) is 4.07. The fourth-order valence-corrected chi connectivity index (χ4v) is 5.15. The number of benzene rings is 1. The van der Waals surface area contributed by atoms with E-state index < -0.39 is 12.5 Å². The summed E-state index contributed by atoms with van der Waals surface area (Å²) in [5, 5.41) is 11.7. The molecule has 0 radical (unpaired) electrons. The van der Waals surface area contributed by atoms with Gasteiger partial charge in [-0.15, -0.1) is 0 Å². The second kappa shape index (κ2) is 12.2. The standard InChI is InChI=1S/C27H29ClF2N8O3/c1-35(2)14-17-6-10-36(11-7-17)23(39)16-37-15-21(33-26(40)20-13-32-38-9-3-8-31-25(20)38)24(34-37)19-12-18(28)4-5-22(19)41-27(29)30/h3-5,8-9,12-13,15,17,27H,6-7,10-11,14,16H2,1-2H3,(H,33,40). The van der Waals surface area contributed by atoms with Crippen molar-refractivity contribution in [3.8, 4) is 17.0 Å². The Bertz CT molecular complexity index is 1550. The van der Waals surface area contributed by atoms with Crippen LogP contribution in [0.3, 0.4) is 0 Å². The molecule has 1 saturated heterocycles. The molecule has 0 atom stereocenters. The molecule has 4 aromatic rings. The third-order valence-electron chi connectivity index (χ3n) is 6.83. The first-order valence-corrected chi connectivity index (χ1v) is 13.4. The number of amides is 2. The predicted molar refractivity (Wildman–Crippen MR) is 148 cm³/mol. The molecular formula is C27H29ClF2N8O3. The van der Waals surface area contributed by atoms with Gasteiger partial charge in [-0.2, -0.15) is 19.0 Å². The monoisotopic (exact) mass is 586 g/mol. The minimum absolute atomic E-state index is 0.106. The molecule has 0 spiro atoms. The number of fused-ring (bicyclic) bond motifs is 1. The Morgan fingerprint density at radius 1 is 1.24 bits per heavy atom. The molecule has 0 bridgehead atoms. The summed E-state index contributed by atoms with van der Waals surface area (Å²) < 4.78 is 34.0. The quantitative estimate of drug-likeness (QED) is 0.317. The number of hydrogen-bond acceptors (Lipinski definition) is 7. The molecule has 1 aliphatic rings. The van der Waals surface area contributed by atoms with Gasteiger partial charge in [-0.1, -0.05) is 11.6 Å². The molecule has 11 nitrogen and oxygen atoms in total. The van der Waals surface area contributed by atoms with Gasteiger partial charge in [-0.3, -0.25) is 14.3 Å². The first-order chi connectivity index (χ1) is 19.7. The zero-order valence-electron chi connectivity index (χ0n) is 22.5. The van der Waals surface area contributed by atoms with Crippen molar-refractivity contribution in [2.24, 2.45) is 5.92 Å². The van der Waals surface area contributed by atoms with Crippen molar-refractivity contribution in [2.75, 3.05) is 39.0 Å². The summed E-state index contributed by atoms with van der Waals surface area (Å²) >= 11 is 6.20. The van der Waals surface area contributed by atoms with E-state index in [0.717, 1.165) is 19.4 Å². The Kier molecular flexibility index (Phi) is 8.45. The van der Waals surface area contributed by atoms with E-state index in [1.807, 2.05) is 14.1 Å². The molecule has 0 aliphatic carbocycles. The maximum absolute atomic E-state index is 13.3. The van der Waals surface area contributed by atoms with E-state index in [2.05, 4.69) is 25.4 Å². The third-order valence-corrected chi connectivity index (χ3v) is 7.07. The van der Waals surface area contributed by atoms with Crippen molar-refractivity contribution in [3.63, 3.8) is 0 Å². The Balaban J connectivity index is 1.43. The van der Waals surface area contributed by atoms with Gasteiger partial charge in [0, 0.05) is 48.8 Å². The molecular weight excluding hydrogens is 558 g/mol. The molecule has 1 N–H and O–H groups in total. The van der Waals surface area contributed by atoms with E-state index in [9.17, 15) is 18.4 Å². The van der Waals surface area contributed by atoms with Gasteiger partial charge in [0.1, 0.15) is 23.6 Å². The van der Waals surface area contributed by atoms with Gasteiger partial charge in [-0.05, 0) is 57.1 Å². The molecule has 1 fully saturated rings. The first-order valence-electron chi connectivity index (χ1n) is 13.0. The second-order valence-corrected chi connectivity index (χ2v) is 10.5. The maximum Gasteiger partial charge on any atom is 0.387 e. The smallest absolute Gasteiger partial charge is 0.387 e. The van der Waals surface area contributed by atoms with Gasteiger partial charge in [0.2, 0.25) is 5.91 Å². The minimum atomic E-state index is -3.10. The van der Waals surface area contributed by atoms with Crippen LogP contribution in [0.2, 0.25) is 5.02 Å². The van der Waals surface area contributed by atoms with Crippen LogP contribution < -0.4 is 10.1 Å². The number of carbonyl (C=O) groups excluding carboxylic acids is 2. The Morgan fingerprint density at radius 2 is 2.02 bits per heavy atom. The maximum atomic E-state index is 13.3. The SMILES string of the molecule is CN(C)CC1CCN(C(=O)Cn2cc(NC(=O)c3cnn4cccnc34)c(-c3cc(Cl)ccc3OC(F)F)n2)CC1. The Hall–Kier alpha value is -4.10. The van der Waals surface area contributed by atoms with Gasteiger partial charge >= 0.3 is 6.61 Å². The summed E-state index contributed by atoms with van der Waals surface area (Å²) in [6, 6.07) is 5.80. The summed E-state index contributed by atoms with van der Waals surface area (Å²) in [4.78, 5) is 34.6. The van der Waals surface area contributed by atoms with Gasteiger partial charge < -0.3 is 19.9 Å². The summed E-state index contributed by atoms with van der Waals surface area (Å²) in [6.07, 6.45) is 7.84. The van der Waals surface area contributed by atoms with E-state index in [4.69, 9.17) is 16.3 Å². The molecule has 14 heteroatoms. The molecule has 0 saturated carbocycles.